The van der Waals surface area contributed by atoms with Crippen LogP contribution in [-0.4, -0.2) is 11.5 Å². The Balaban J connectivity index is 2.17. The topological polar surface area (TPSA) is 55.2 Å². The van der Waals surface area contributed by atoms with Gasteiger partial charge in [0.25, 0.3) is 0 Å². The molecule has 64 valence electrons. The van der Waals surface area contributed by atoms with Crippen LogP contribution in [0.1, 0.15) is 18.0 Å². The molecule has 0 radical (unpaired) electrons. The summed E-state index contributed by atoms with van der Waals surface area (Å²) in [5.41, 5.74) is 1.05. The van der Waals surface area contributed by atoms with Gasteiger partial charge < -0.3 is 5.32 Å². The van der Waals surface area contributed by atoms with Gasteiger partial charge in [-0.05, 0) is 18.5 Å². The van der Waals surface area contributed by atoms with Crippen LogP contribution in [0.2, 0.25) is 0 Å². The van der Waals surface area contributed by atoms with Crippen LogP contribution in [0, 0.1) is 10.1 Å². The standard InChI is InChI=1S/C7H8N2O2S/c10-9(11)7-3-5(4-12-7)6-1-2-8-6/h3-4,6,8H,1-2H2. The number of nitro groups is 1. The lowest BCUT2D eigenvalue weighted by atomic mass is 10.0. The number of hydrogen-bond donors (Lipinski definition) is 1. The van der Waals surface area contributed by atoms with Crippen molar-refractivity contribution in [2.24, 2.45) is 0 Å². The fourth-order valence-corrected chi connectivity index (χ4v) is 1.97. The molecule has 0 spiro atoms. The molecule has 12 heavy (non-hydrogen) atoms. The number of hydrogen-bond acceptors (Lipinski definition) is 4. The van der Waals surface area contributed by atoms with Crippen molar-refractivity contribution in [2.75, 3.05) is 6.54 Å². The lowest BCUT2D eigenvalue weighted by Crippen LogP contribution is -2.34. The minimum absolute atomic E-state index is 0.235. The largest absolute Gasteiger partial charge is 0.324 e. The quantitative estimate of drug-likeness (QED) is 0.562. The van der Waals surface area contributed by atoms with Crippen molar-refractivity contribution in [3.63, 3.8) is 0 Å². The molecule has 4 nitrogen and oxygen atoms in total. The third-order valence-electron chi connectivity index (χ3n) is 2.01. The van der Waals surface area contributed by atoms with Crippen LogP contribution < -0.4 is 5.32 Å². The average Bonchev–Trinajstić information content (AvgIpc) is 2.32. The van der Waals surface area contributed by atoms with Crippen molar-refractivity contribution in [3.05, 3.63) is 27.1 Å². The van der Waals surface area contributed by atoms with Gasteiger partial charge in [-0.3, -0.25) is 10.1 Å². The second kappa shape index (κ2) is 2.84. The van der Waals surface area contributed by atoms with E-state index in [2.05, 4.69) is 5.32 Å². The maximum Gasteiger partial charge on any atom is 0.324 e. The highest BCUT2D eigenvalue weighted by Gasteiger charge is 2.21. The SMILES string of the molecule is O=[N+]([O-])c1cc(C2CCN2)cs1. The molecule has 2 rings (SSSR count). The monoisotopic (exact) mass is 184 g/mol. The molecule has 0 aromatic carbocycles. The van der Waals surface area contributed by atoms with Gasteiger partial charge in [-0.15, -0.1) is 0 Å². The maximum atomic E-state index is 10.3. The molecule has 1 aromatic rings. The van der Waals surface area contributed by atoms with Gasteiger partial charge in [0, 0.05) is 17.5 Å². The minimum atomic E-state index is -0.340. The lowest BCUT2D eigenvalue weighted by molar-refractivity contribution is -0.380. The maximum absolute atomic E-state index is 10.3. The first-order valence-electron chi connectivity index (χ1n) is 3.73. The average molecular weight is 184 g/mol. The van der Waals surface area contributed by atoms with Crippen molar-refractivity contribution in [1.29, 1.82) is 0 Å². The van der Waals surface area contributed by atoms with E-state index in [4.69, 9.17) is 0 Å². The van der Waals surface area contributed by atoms with Gasteiger partial charge in [0.2, 0.25) is 0 Å². The third kappa shape index (κ3) is 1.21. The molecule has 0 saturated carbocycles. The van der Waals surface area contributed by atoms with Gasteiger partial charge in [-0.25, -0.2) is 0 Å². The second-order valence-corrected chi connectivity index (χ2v) is 3.66. The van der Waals surface area contributed by atoms with Gasteiger partial charge in [0.1, 0.15) is 0 Å². The van der Waals surface area contributed by atoms with E-state index in [1.807, 2.05) is 5.38 Å². The summed E-state index contributed by atoms with van der Waals surface area (Å²) in [5.74, 6) is 0. The van der Waals surface area contributed by atoms with Crippen molar-refractivity contribution in [1.82, 2.24) is 5.32 Å². The molecule has 1 aromatic heterocycles. The highest BCUT2D eigenvalue weighted by Crippen LogP contribution is 2.30. The highest BCUT2D eigenvalue weighted by molar-refractivity contribution is 7.13. The Morgan fingerprint density at radius 3 is 2.92 bits per heavy atom. The van der Waals surface area contributed by atoms with Crippen molar-refractivity contribution in [3.8, 4) is 0 Å². The fourth-order valence-electron chi connectivity index (χ4n) is 1.19. The van der Waals surface area contributed by atoms with Gasteiger partial charge in [0.05, 0.1) is 4.92 Å². The van der Waals surface area contributed by atoms with Crippen LogP contribution in [0.25, 0.3) is 0 Å². The molecule has 5 heteroatoms. The summed E-state index contributed by atoms with van der Waals surface area (Å²) in [7, 11) is 0. The zero-order chi connectivity index (χ0) is 8.55. The Kier molecular flexibility index (Phi) is 1.82. The smallest absolute Gasteiger partial charge is 0.310 e. The van der Waals surface area contributed by atoms with Crippen LogP contribution in [0.4, 0.5) is 5.00 Å². The Labute approximate surface area is 73.4 Å². The summed E-state index contributed by atoms with van der Waals surface area (Å²) >= 11 is 1.20. The van der Waals surface area contributed by atoms with Crippen LogP contribution in [0.15, 0.2) is 11.4 Å². The van der Waals surface area contributed by atoms with Gasteiger partial charge >= 0.3 is 5.00 Å². The van der Waals surface area contributed by atoms with Crippen molar-refractivity contribution >= 4 is 16.3 Å². The normalized spacial score (nSPS) is 21.8. The Morgan fingerprint density at radius 2 is 2.50 bits per heavy atom. The van der Waals surface area contributed by atoms with E-state index < -0.39 is 0 Å². The van der Waals surface area contributed by atoms with E-state index in [9.17, 15) is 10.1 Å². The van der Waals surface area contributed by atoms with E-state index in [0.717, 1.165) is 18.5 Å². The highest BCUT2D eigenvalue weighted by atomic mass is 32.1. The molecule has 1 fully saturated rings. The van der Waals surface area contributed by atoms with E-state index in [1.165, 1.54) is 11.3 Å². The molecule has 0 bridgehead atoms. The predicted molar refractivity (Wildman–Crippen MR) is 46.3 cm³/mol. The molecule has 1 saturated heterocycles. The van der Waals surface area contributed by atoms with Gasteiger partial charge in [0.15, 0.2) is 0 Å². The third-order valence-corrected chi connectivity index (χ3v) is 2.91. The zero-order valence-electron chi connectivity index (χ0n) is 6.32. The molecule has 2 heterocycles. The van der Waals surface area contributed by atoms with Crippen LogP contribution >= 0.6 is 11.3 Å². The van der Waals surface area contributed by atoms with E-state index in [0.29, 0.717) is 6.04 Å². The zero-order valence-corrected chi connectivity index (χ0v) is 7.13. The predicted octanol–water partition coefficient (Wildman–Crippen LogP) is 1.69. The van der Waals surface area contributed by atoms with Crippen molar-refractivity contribution < 1.29 is 4.92 Å². The number of nitrogens with zero attached hydrogens (tertiary/aromatic N) is 1. The van der Waals surface area contributed by atoms with Crippen LogP contribution in [0.3, 0.4) is 0 Å². The minimum Gasteiger partial charge on any atom is -0.310 e. The molecule has 1 aliphatic rings. The van der Waals surface area contributed by atoms with Gasteiger partial charge in [-0.2, -0.15) is 0 Å². The molecule has 1 aliphatic heterocycles. The molecule has 0 amide bonds. The summed E-state index contributed by atoms with van der Waals surface area (Å²) in [6.45, 7) is 1.02. The Morgan fingerprint density at radius 1 is 1.75 bits per heavy atom. The molecular formula is C7H8N2O2S. The van der Waals surface area contributed by atoms with Gasteiger partial charge in [-0.1, -0.05) is 11.3 Å². The summed E-state index contributed by atoms with van der Waals surface area (Å²) in [5, 5.41) is 15.6. The summed E-state index contributed by atoms with van der Waals surface area (Å²) < 4.78 is 0. The second-order valence-electron chi connectivity index (χ2n) is 2.77. The van der Waals surface area contributed by atoms with Crippen LogP contribution in [0.5, 0.6) is 0 Å². The number of thiophene rings is 1. The lowest BCUT2D eigenvalue weighted by Gasteiger charge is -2.26. The summed E-state index contributed by atoms with van der Waals surface area (Å²) in [6, 6.07) is 2.01. The first-order valence-corrected chi connectivity index (χ1v) is 4.61. The Bertz CT molecular complexity index is 306. The van der Waals surface area contributed by atoms with Crippen molar-refractivity contribution in [2.45, 2.75) is 12.5 Å². The Hall–Kier alpha value is -0.940. The summed E-state index contributed by atoms with van der Waals surface area (Å²) in [4.78, 5) is 10.00. The first-order chi connectivity index (χ1) is 5.77. The molecule has 1 atom stereocenters. The fraction of sp³-hybridized carbons (Fsp3) is 0.429. The van der Waals surface area contributed by atoms with Crippen LogP contribution in [-0.2, 0) is 0 Å². The number of rotatable bonds is 2. The molecule has 1 unspecified atom stereocenters. The summed E-state index contributed by atoms with van der Waals surface area (Å²) in [6.07, 6.45) is 1.09. The molecule has 0 aliphatic carbocycles. The van der Waals surface area contributed by atoms with E-state index in [-0.39, 0.29) is 9.92 Å². The molecule has 1 N–H and O–H groups in total. The first kappa shape index (κ1) is 7.70. The number of nitrogens with one attached hydrogen (secondary N) is 1. The van der Waals surface area contributed by atoms with E-state index in [1.54, 1.807) is 6.07 Å². The molecular weight excluding hydrogens is 176 g/mol. The van der Waals surface area contributed by atoms with E-state index >= 15 is 0 Å².